The van der Waals surface area contributed by atoms with Crippen LogP contribution in [0.15, 0.2) is 58.0 Å². The molecule has 0 bridgehead atoms. The first kappa shape index (κ1) is 15.9. The van der Waals surface area contributed by atoms with Crippen LogP contribution in [0.2, 0.25) is 5.02 Å². The van der Waals surface area contributed by atoms with Gasteiger partial charge in [0.25, 0.3) is 0 Å². The van der Waals surface area contributed by atoms with Crippen LogP contribution >= 0.6 is 35.6 Å². The minimum absolute atomic E-state index is 0.376. The van der Waals surface area contributed by atoms with Crippen molar-refractivity contribution in [2.24, 2.45) is 0 Å². The minimum Gasteiger partial charge on any atom is -0.348 e. The SMILES string of the molecule is Cc1c(Cl)cccc1NC(=S)/C(C#N)=C1/Nc2ccccc2S1. The van der Waals surface area contributed by atoms with Gasteiger partial charge >= 0.3 is 0 Å². The number of rotatable bonds is 2. The van der Waals surface area contributed by atoms with Crippen molar-refractivity contribution in [3.63, 3.8) is 0 Å². The third kappa shape index (κ3) is 3.20. The van der Waals surface area contributed by atoms with Crippen molar-refractivity contribution in [3.8, 4) is 6.07 Å². The van der Waals surface area contributed by atoms with Gasteiger partial charge in [-0.3, -0.25) is 0 Å². The fourth-order valence-corrected chi connectivity index (χ4v) is 3.67. The van der Waals surface area contributed by atoms with E-state index in [-0.39, 0.29) is 0 Å². The van der Waals surface area contributed by atoms with Crippen LogP contribution in [0.5, 0.6) is 0 Å². The molecule has 1 aliphatic heterocycles. The molecule has 6 heteroatoms. The van der Waals surface area contributed by atoms with E-state index in [4.69, 9.17) is 23.8 Å². The van der Waals surface area contributed by atoms with Crippen molar-refractivity contribution in [2.75, 3.05) is 10.6 Å². The summed E-state index contributed by atoms with van der Waals surface area (Å²) in [6.45, 7) is 1.91. The molecule has 0 saturated carbocycles. The summed E-state index contributed by atoms with van der Waals surface area (Å²) in [4.78, 5) is 1.46. The molecule has 0 aliphatic carbocycles. The van der Waals surface area contributed by atoms with Crippen molar-refractivity contribution in [1.29, 1.82) is 5.26 Å². The van der Waals surface area contributed by atoms with Crippen LogP contribution in [0, 0.1) is 18.3 Å². The fraction of sp³-hybridized carbons (Fsp3) is 0.0588. The Morgan fingerprint density at radius 3 is 2.78 bits per heavy atom. The molecule has 1 heterocycles. The Kier molecular flexibility index (Phi) is 4.58. The van der Waals surface area contributed by atoms with Crippen LogP contribution in [-0.2, 0) is 0 Å². The lowest BCUT2D eigenvalue weighted by Crippen LogP contribution is -2.14. The molecule has 0 aromatic heterocycles. The Hall–Kier alpha value is -2.00. The molecule has 114 valence electrons. The zero-order valence-corrected chi connectivity index (χ0v) is 14.6. The number of nitriles is 1. The average molecular weight is 358 g/mol. The van der Waals surface area contributed by atoms with E-state index in [1.165, 1.54) is 11.8 Å². The van der Waals surface area contributed by atoms with Gasteiger partial charge in [0.15, 0.2) is 0 Å². The van der Waals surface area contributed by atoms with Crippen molar-refractivity contribution in [3.05, 3.63) is 63.7 Å². The lowest BCUT2D eigenvalue weighted by molar-refractivity contribution is 1.44. The van der Waals surface area contributed by atoms with E-state index in [2.05, 4.69) is 16.7 Å². The summed E-state index contributed by atoms with van der Waals surface area (Å²) in [6.07, 6.45) is 0. The second kappa shape index (κ2) is 6.63. The lowest BCUT2D eigenvalue weighted by Gasteiger charge is -2.12. The van der Waals surface area contributed by atoms with Crippen LogP contribution in [0.4, 0.5) is 11.4 Å². The molecule has 2 N–H and O–H groups in total. The Balaban J connectivity index is 1.88. The van der Waals surface area contributed by atoms with Crippen LogP contribution in [0.1, 0.15) is 5.56 Å². The highest BCUT2D eigenvalue weighted by Crippen LogP contribution is 2.42. The van der Waals surface area contributed by atoms with E-state index in [0.29, 0.717) is 15.6 Å². The van der Waals surface area contributed by atoms with E-state index in [0.717, 1.165) is 26.9 Å². The first-order chi connectivity index (χ1) is 11.1. The molecule has 23 heavy (non-hydrogen) atoms. The molecule has 0 unspecified atom stereocenters. The fourth-order valence-electron chi connectivity index (χ4n) is 2.16. The monoisotopic (exact) mass is 357 g/mol. The molecule has 1 aliphatic rings. The summed E-state index contributed by atoms with van der Waals surface area (Å²) in [7, 11) is 0. The highest BCUT2D eigenvalue weighted by molar-refractivity contribution is 8.03. The number of hydrogen-bond acceptors (Lipinski definition) is 4. The largest absolute Gasteiger partial charge is 0.348 e. The molecule has 0 atom stereocenters. The Labute approximate surface area is 149 Å². The zero-order chi connectivity index (χ0) is 16.4. The van der Waals surface area contributed by atoms with Crippen LogP contribution in [0.3, 0.4) is 0 Å². The van der Waals surface area contributed by atoms with Gasteiger partial charge in [-0.2, -0.15) is 5.26 Å². The van der Waals surface area contributed by atoms with Gasteiger partial charge in [-0.15, -0.1) is 0 Å². The second-order valence-electron chi connectivity index (χ2n) is 4.91. The molecule has 3 nitrogen and oxygen atoms in total. The molecular formula is C17H12ClN3S2. The minimum atomic E-state index is 0.376. The third-order valence-corrected chi connectivity index (χ3v) is 5.23. The molecule has 0 radical (unpaired) electrons. The van der Waals surface area contributed by atoms with Crippen LogP contribution < -0.4 is 10.6 Å². The Morgan fingerprint density at radius 2 is 2.04 bits per heavy atom. The maximum atomic E-state index is 9.52. The highest BCUT2D eigenvalue weighted by Gasteiger charge is 2.21. The van der Waals surface area contributed by atoms with Gasteiger partial charge in [-0.25, -0.2) is 0 Å². The first-order valence-corrected chi connectivity index (χ1v) is 8.45. The van der Waals surface area contributed by atoms with E-state index in [1.54, 1.807) is 0 Å². The quantitative estimate of drug-likeness (QED) is 0.431. The molecule has 2 aromatic carbocycles. The maximum Gasteiger partial charge on any atom is 0.124 e. The second-order valence-corrected chi connectivity index (χ2v) is 6.77. The van der Waals surface area contributed by atoms with Crippen LogP contribution in [0.25, 0.3) is 0 Å². The van der Waals surface area contributed by atoms with Gasteiger partial charge in [0, 0.05) is 15.6 Å². The Bertz CT molecular complexity index is 841. The Morgan fingerprint density at radius 1 is 1.26 bits per heavy atom. The predicted octanol–water partition coefficient (Wildman–Crippen LogP) is 5.34. The van der Waals surface area contributed by atoms with E-state index >= 15 is 0 Å². The number of nitrogens with one attached hydrogen (secondary N) is 2. The molecule has 3 rings (SSSR count). The third-order valence-electron chi connectivity index (χ3n) is 3.43. The van der Waals surface area contributed by atoms with Gasteiger partial charge in [0.1, 0.15) is 16.6 Å². The highest BCUT2D eigenvalue weighted by atomic mass is 35.5. The van der Waals surface area contributed by atoms with Gasteiger partial charge in [0.2, 0.25) is 0 Å². The summed E-state index contributed by atoms with van der Waals surface area (Å²) in [5.41, 5.74) is 3.10. The molecule has 2 aromatic rings. The number of benzene rings is 2. The normalized spacial score (nSPS) is 14.5. The average Bonchev–Trinajstić information content (AvgIpc) is 2.96. The number of fused-ring (bicyclic) bond motifs is 1. The number of thiocarbonyl (C=S) groups is 1. The van der Waals surface area contributed by atoms with Gasteiger partial charge in [-0.1, -0.05) is 53.8 Å². The summed E-state index contributed by atoms with van der Waals surface area (Å²) >= 11 is 13.0. The molecule has 0 fully saturated rings. The van der Waals surface area contributed by atoms with Crippen molar-refractivity contribution in [1.82, 2.24) is 0 Å². The number of para-hydroxylation sites is 1. The number of hydrogen-bond donors (Lipinski definition) is 2. The first-order valence-electron chi connectivity index (χ1n) is 6.85. The number of halogens is 1. The van der Waals surface area contributed by atoms with Crippen molar-refractivity contribution >= 4 is 51.9 Å². The molecule has 0 spiro atoms. The molecule has 0 amide bonds. The molecular weight excluding hydrogens is 346 g/mol. The summed E-state index contributed by atoms with van der Waals surface area (Å²) in [6, 6.07) is 15.6. The predicted molar refractivity (Wildman–Crippen MR) is 101 cm³/mol. The van der Waals surface area contributed by atoms with E-state index < -0.39 is 0 Å². The van der Waals surface area contributed by atoms with Gasteiger partial charge in [-0.05, 0) is 36.8 Å². The number of thioether (sulfide) groups is 1. The summed E-state index contributed by atoms with van der Waals surface area (Å²) < 4.78 is 0. The van der Waals surface area contributed by atoms with Crippen molar-refractivity contribution < 1.29 is 0 Å². The smallest absolute Gasteiger partial charge is 0.124 e. The topological polar surface area (TPSA) is 47.9 Å². The number of anilines is 2. The van der Waals surface area contributed by atoms with Crippen molar-refractivity contribution in [2.45, 2.75) is 11.8 Å². The summed E-state index contributed by atoms with van der Waals surface area (Å²) in [5, 5.41) is 17.3. The van der Waals surface area contributed by atoms with E-state index in [9.17, 15) is 5.26 Å². The van der Waals surface area contributed by atoms with E-state index in [1.807, 2.05) is 49.4 Å². The summed E-state index contributed by atoms with van der Waals surface area (Å²) in [5.74, 6) is 0. The zero-order valence-electron chi connectivity index (χ0n) is 12.2. The van der Waals surface area contributed by atoms with Gasteiger partial charge in [0.05, 0.1) is 10.7 Å². The number of nitrogens with zero attached hydrogens (tertiary/aromatic N) is 1. The standard InChI is InChI=1S/C17H12ClN3S2/c1-10-12(18)5-4-7-13(10)20-16(22)11(9-19)17-21-14-6-2-3-8-15(14)23-17/h2-8,21H,1H3,(H,20,22)/b17-11-. The lowest BCUT2D eigenvalue weighted by atomic mass is 10.2. The van der Waals surface area contributed by atoms with Crippen LogP contribution in [-0.4, -0.2) is 4.99 Å². The molecule has 0 saturated heterocycles. The maximum absolute atomic E-state index is 9.52. The van der Waals surface area contributed by atoms with Gasteiger partial charge < -0.3 is 10.6 Å².